The number of carboxylic acids is 1. The molecule has 33 heavy (non-hydrogen) atoms. The average molecular weight is 450 g/mol. The van der Waals surface area contributed by atoms with Gasteiger partial charge >= 0.3 is 11.9 Å². The zero-order valence-electron chi connectivity index (χ0n) is 17.4. The Balaban J connectivity index is 1.74. The van der Waals surface area contributed by atoms with Gasteiger partial charge in [-0.05, 0) is 61.9 Å². The molecule has 10 nitrogen and oxygen atoms in total. The van der Waals surface area contributed by atoms with Crippen molar-refractivity contribution in [2.75, 3.05) is 0 Å². The van der Waals surface area contributed by atoms with Gasteiger partial charge in [0, 0.05) is 22.6 Å². The molecule has 0 fully saturated rings. The minimum Gasteiger partial charge on any atom is -0.507 e. The summed E-state index contributed by atoms with van der Waals surface area (Å²) in [5.41, 5.74) is 2.37. The molecular weight excluding hydrogens is 432 g/mol. The van der Waals surface area contributed by atoms with Gasteiger partial charge in [0.25, 0.3) is 0 Å². The van der Waals surface area contributed by atoms with E-state index in [1.807, 2.05) is 0 Å². The van der Waals surface area contributed by atoms with E-state index < -0.39 is 29.2 Å². The molecule has 3 aromatic rings. The van der Waals surface area contributed by atoms with Crippen molar-refractivity contribution in [1.29, 1.82) is 0 Å². The molecule has 0 radical (unpaired) electrons. The molecule has 1 aliphatic heterocycles. The summed E-state index contributed by atoms with van der Waals surface area (Å²) in [6, 6.07) is 8.18. The lowest BCUT2D eigenvalue weighted by Crippen LogP contribution is -2.05. The highest BCUT2D eigenvalue weighted by Gasteiger charge is 2.26. The third-order valence-corrected chi connectivity index (χ3v) is 5.17. The quantitative estimate of drug-likeness (QED) is 0.230. The molecule has 0 aliphatic carbocycles. The number of aromatic carboxylic acids is 1. The molecule has 2 heterocycles. The van der Waals surface area contributed by atoms with Crippen LogP contribution < -0.4 is 0 Å². The van der Waals surface area contributed by atoms with Crippen LogP contribution in [0.1, 0.15) is 32.9 Å². The monoisotopic (exact) mass is 450 g/mol. The number of benzene rings is 2. The van der Waals surface area contributed by atoms with Crippen molar-refractivity contribution in [1.82, 2.24) is 4.57 Å². The Hall–Kier alpha value is -4.73. The van der Waals surface area contributed by atoms with Crippen molar-refractivity contribution in [3.8, 4) is 28.7 Å². The van der Waals surface area contributed by atoms with Crippen molar-refractivity contribution in [2.45, 2.75) is 13.8 Å². The number of rotatable bonds is 4. The summed E-state index contributed by atoms with van der Waals surface area (Å²) in [4.78, 5) is 27.8. The number of phenolic OH excluding ortho intramolecular Hbond substituents is 3. The molecule has 168 valence electrons. The molecule has 0 saturated carbocycles. The van der Waals surface area contributed by atoms with E-state index in [1.165, 1.54) is 18.2 Å². The molecule has 0 saturated heterocycles. The second kappa shape index (κ2) is 7.75. The minimum absolute atomic E-state index is 0.0331. The smallest absolute Gasteiger partial charge is 0.363 e. The van der Waals surface area contributed by atoms with Gasteiger partial charge in [-0.15, -0.1) is 0 Å². The molecule has 2 aromatic carbocycles. The second-order valence-electron chi connectivity index (χ2n) is 7.37. The number of carbonyl (C=O) groups is 2. The highest BCUT2D eigenvalue weighted by atomic mass is 16.6. The zero-order chi connectivity index (χ0) is 24.0. The number of aryl methyl sites for hydroxylation is 1. The van der Waals surface area contributed by atoms with Crippen LogP contribution in [-0.2, 0) is 9.53 Å². The van der Waals surface area contributed by atoms with E-state index in [4.69, 9.17) is 4.74 Å². The molecule has 1 aromatic heterocycles. The van der Waals surface area contributed by atoms with Crippen LogP contribution in [0.15, 0.2) is 47.1 Å². The number of hydrogen-bond acceptors (Lipinski definition) is 8. The van der Waals surface area contributed by atoms with Crippen LogP contribution >= 0.6 is 0 Å². The minimum atomic E-state index is -1.26. The van der Waals surface area contributed by atoms with E-state index in [0.29, 0.717) is 16.9 Å². The predicted molar refractivity (Wildman–Crippen MR) is 116 cm³/mol. The maximum atomic E-state index is 12.3. The van der Waals surface area contributed by atoms with Gasteiger partial charge in [0.2, 0.25) is 5.90 Å². The standard InChI is InChI=1S/C23H18N2O8/c1-10-5-12(11(2)25(10)14-3-4-17(26)15(9-14)22(30)31)6-16-23(32)33-21(24-16)13-7-18(27)20(29)19(28)8-13/h3-9,26-29H,1-2H3,(H,30,31)/b16-6+. The van der Waals surface area contributed by atoms with E-state index >= 15 is 0 Å². The van der Waals surface area contributed by atoms with Gasteiger partial charge in [-0.3, -0.25) is 0 Å². The largest absolute Gasteiger partial charge is 0.507 e. The lowest BCUT2D eigenvalue weighted by atomic mass is 10.1. The van der Waals surface area contributed by atoms with Crippen molar-refractivity contribution < 1.29 is 39.9 Å². The van der Waals surface area contributed by atoms with Gasteiger partial charge in [-0.1, -0.05) is 0 Å². The first kappa shape index (κ1) is 21.5. The Labute approximate surface area is 186 Å². The summed E-state index contributed by atoms with van der Waals surface area (Å²) < 4.78 is 6.90. The summed E-state index contributed by atoms with van der Waals surface area (Å²) in [5, 5.41) is 47.9. The third-order valence-electron chi connectivity index (χ3n) is 5.17. The van der Waals surface area contributed by atoms with Gasteiger partial charge in [-0.25, -0.2) is 14.6 Å². The number of cyclic esters (lactones) is 1. The number of carbonyl (C=O) groups excluding carboxylic acids is 1. The molecule has 0 unspecified atom stereocenters. The first-order valence-corrected chi connectivity index (χ1v) is 9.60. The Morgan fingerprint density at radius 2 is 1.67 bits per heavy atom. The Bertz CT molecular complexity index is 1370. The number of hydrogen-bond donors (Lipinski definition) is 5. The molecular formula is C23H18N2O8. The molecule has 0 amide bonds. The van der Waals surface area contributed by atoms with Crippen LogP contribution in [0.2, 0.25) is 0 Å². The molecule has 4 rings (SSSR count). The van der Waals surface area contributed by atoms with Gasteiger partial charge in [0.1, 0.15) is 11.3 Å². The lowest BCUT2D eigenvalue weighted by molar-refractivity contribution is -0.129. The van der Waals surface area contributed by atoms with E-state index in [2.05, 4.69) is 4.99 Å². The fourth-order valence-corrected chi connectivity index (χ4v) is 3.57. The van der Waals surface area contributed by atoms with Gasteiger partial charge in [0.15, 0.2) is 22.9 Å². The van der Waals surface area contributed by atoms with E-state index in [1.54, 1.807) is 30.5 Å². The van der Waals surface area contributed by atoms with Crippen molar-refractivity contribution in [3.05, 3.63) is 70.2 Å². The summed E-state index contributed by atoms with van der Waals surface area (Å²) in [6.07, 6.45) is 1.49. The number of aliphatic imine (C=N–C) groups is 1. The van der Waals surface area contributed by atoms with Gasteiger partial charge in [-0.2, -0.15) is 0 Å². The Kier molecular flexibility index (Phi) is 5.05. The molecule has 0 spiro atoms. The van der Waals surface area contributed by atoms with Crippen LogP contribution in [0.25, 0.3) is 11.8 Å². The van der Waals surface area contributed by atoms with Crippen LogP contribution in [-0.4, -0.2) is 47.9 Å². The highest BCUT2D eigenvalue weighted by molar-refractivity contribution is 6.13. The fourth-order valence-electron chi connectivity index (χ4n) is 3.57. The lowest BCUT2D eigenvalue weighted by Gasteiger charge is -2.11. The second-order valence-corrected chi connectivity index (χ2v) is 7.37. The number of aromatic hydroxyl groups is 4. The van der Waals surface area contributed by atoms with Crippen LogP contribution in [0.5, 0.6) is 23.0 Å². The SMILES string of the molecule is Cc1cc(/C=C2/N=C(c3cc(O)c(O)c(O)c3)OC2=O)c(C)n1-c1ccc(O)c(C(=O)O)c1. The third kappa shape index (κ3) is 3.74. The maximum Gasteiger partial charge on any atom is 0.363 e. The van der Waals surface area contributed by atoms with Crippen LogP contribution in [0.3, 0.4) is 0 Å². The van der Waals surface area contributed by atoms with Gasteiger partial charge in [0.05, 0.1) is 0 Å². The molecule has 0 bridgehead atoms. The number of esters is 1. The number of phenols is 4. The molecule has 5 N–H and O–H groups in total. The van der Waals surface area contributed by atoms with E-state index in [-0.39, 0.29) is 28.5 Å². The number of aromatic nitrogens is 1. The molecule has 10 heteroatoms. The first-order chi connectivity index (χ1) is 15.6. The Morgan fingerprint density at radius 1 is 1.00 bits per heavy atom. The Morgan fingerprint density at radius 3 is 2.30 bits per heavy atom. The molecule has 0 atom stereocenters. The van der Waals surface area contributed by atoms with Crippen LogP contribution in [0.4, 0.5) is 0 Å². The fraction of sp³-hybridized carbons (Fsp3) is 0.0870. The summed E-state index contributed by atoms with van der Waals surface area (Å²) in [5.74, 6) is -4.42. The first-order valence-electron chi connectivity index (χ1n) is 9.60. The molecule has 1 aliphatic rings. The number of nitrogens with zero attached hydrogens (tertiary/aromatic N) is 2. The summed E-state index contributed by atoms with van der Waals surface area (Å²) in [6.45, 7) is 3.57. The van der Waals surface area contributed by atoms with E-state index in [9.17, 15) is 35.1 Å². The topological polar surface area (TPSA) is 162 Å². The zero-order valence-corrected chi connectivity index (χ0v) is 17.4. The number of carboxylic acid groups (broad SMARTS) is 1. The van der Waals surface area contributed by atoms with Crippen molar-refractivity contribution in [3.63, 3.8) is 0 Å². The maximum absolute atomic E-state index is 12.3. The number of ether oxygens (including phenoxy) is 1. The summed E-state index contributed by atoms with van der Waals surface area (Å²) >= 11 is 0. The van der Waals surface area contributed by atoms with Gasteiger partial charge < -0.3 is 34.8 Å². The van der Waals surface area contributed by atoms with Crippen molar-refractivity contribution >= 4 is 23.9 Å². The predicted octanol–water partition coefficient (Wildman–Crippen LogP) is 2.96. The van der Waals surface area contributed by atoms with E-state index in [0.717, 1.165) is 17.8 Å². The summed E-state index contributed by atoms with van der Waals surface area (Å²) in [7, 11) is 0. The highest BCUT2D eigenvalue weighted by Crippen LogP contribution is 2.36. The van der Waals surface area contributed by atoms with Crippen molar-refractivity contribution in [2.24, 2.45) is 4.99 Å². The average Bonchev–Trinajstić information content (AvgIpc) is 3.25. The normalized spacial score (nSPS) is 14.4. The van der Waals surface area contributed by atoms with Crippen LogP contribution in [0, 0.1) is 13.8 Å².